The Morgan fingerprint density at radius 3 is 2.16 bits per heavy atom. The van der Waals surface area contributed by atoms with Gasteiger partial charge in [0.15, 0.2) is 6.79 Å². The highest BCUT2D eigenvalue weighted by molar-refractivity contribution is 5.36. The average Bonchev–Trinajstić information content (AvgIpc) is 2.68. The molecule has 0 amide bonds. The molecular weight excluding hydrogens is 308 g/mol. The summed E-state index contributed by atoms with van der Waals surface area (Å²) in [4.78, 5) is 0. The van der Waals surface area contributed by atoms with Crippen LogP contribution < -0.4 is 4.74 Å². The molecule has 2 saturated carbocycles. The summed E-state index contributed by atoms with van der Waals surface area (Å²) in [5, 5.41) is 0. The molecule has 0 N–H and O–H groups in total. The molecule has 0 radical (unpaired) electrons. The van der Waals surface area contributed by atoms with Crippen LogP contribution in [0.15, 0.2) is 24.3 Å². The first-order valence-corrected chi connectivity index (χ1v) is 10.5. The SMILES string of the molecule is CCCC1CCC(C2CCC(c3ccccc3OCOC)CC2)CC1. The van der Waals surface area contributed by atoms with Crippen LogP contribution in [0.3, 0.4) is 0 Å². The molecule has 1 aromatic rings. The molecule has 0 atom stereocenters. The summed E-state index contributed by atoms with van der Waals surface area (Å²) in [6.07, 6.45) is 14.3. The van der Waals surface area contributed by atoms with Gasteiger partial charge in [-0.05, 0) is 73.8 Å². The second kappa shape index (κ2) is 9.62. The molecule has 140 valence electrons. The molecule has 0 aliphatic heterocycles. The molecule has 25 heavy (non-hydrogen) atoms. The quantitative estimate of drug-likeness (QED) is 0.522. The van der Waals surface area contributed by atoms with Crippen LogP contribution in [0.4, 0.5) is 0 Å². The molecule has 0 unspecified atom stereocenters. The maximum Gasteiger partial charge on any atom is 0.188 e. The van der Waals surface area contributed by atoms with E-state index in [0.717, 1.165) is 23.5 Å². The van der Waals surface area contributed by atoms with Crippen LogP contribution in [0.2, 0.25) is 0 Å². The predicted octanol–water partition coefficient (Wildman–Crippen LogP) is 6.55. The monoisotopic (exact) mass is 344 g/mol. The lowest BCUT2D eigenvalue weighted by atomic mass is 9.68. The summed E-state index contributed by atoms with van der Waals surface area (Å²) in [5.74, 6) is 4.70. The van der Waals surface area contributed by atoms with Gasteiger partial charge in [-0.15, -0.1) is 0 Å². The predicted molar refractivity (Wildman–Crippen MR) is 104 cm³/mol. The largest absolute Gasteiger partial charge is 0.467 e. The minimum atomic E-state index is 0.341. The van der Waals surface area contributed by atoms with E-state index < -0.39 is 0 Å². The first kappa shape index (κ1) is 18.8. The van der Waals surface area contributed by atoms with Gasteiger partial charge in [-0.3, -0.25) is 0 Å². The lowest BCUT2D eigenvalue weighted by Gasteiger charge is -2.38. The van der Waals surface area contributed by atoms with Gasteiger partial charge in [-0.2, -0.15) is 0 Å². The van der Waals surface area contributed by atoms with Crippen LogP contribution in [0.25, 0.3) is 0 Å². The Morgan fingerprint density at radius 1 is 0.880 bits per heavy atom. The van der Waals surface area contributed by atoms with Crippen LogP contribution in [0.5, 0.6) is 5.75 Å². The Hall–Kier alpha value is -1.02. The zero-order chi connectivity index (χ0) is 17.5. The molecule has 0 saturated heterocycles. The number of methoxy groups -OCH3 is 1. The normalized spacial score (nSPS) is 30.2. The number of hydrogen-bond donors (Lipinski definition) is 0. The third kappa shape index (κ3) is 5.00. The van der Waals surface area contributed by atoms with E-state index in [4.69, 9.17) is 9.47 Å². The van der Waals surface area contributed by atoms with E-state index >= 15 is 0 Å². The van der Waals surface area contributed by atoms with Gasteiger partial charge in [0.2, 0.25) is 0 Å². The Kier molecular flexibility index (Phi) is 7.22. The van der Waals surface area contributed by atoms with Crippen molar-refractivity contribution in [2.24, 2.45) is 17.8 Å². The number of ether oxygens (including phenoxy) is 2. The van der Waals surface area contributed by atoms with E-state index in [1.807, 2.05) is 0 Å². The molecule has 3 rings (SSSR count). The lowest BCUT2D eigenvalue weighted by molar-refractivity contribution is 0.0498. The summed E-state index contributed by atoms with van der Waals surface area (Å²) in [6.45, 7) is 2.68. The maximum absolute atomic E-state index is 5.80. The van der Waals surface area contributed by atoms with E-state index in [1.165, 1.54) is 69.8 Å². The summed E-state index contributed by atoms with van der Waals surface area (Å²) in [5.41, 5.74) is 1.39. The minimum Gasteiger partial charge on any atom is -0.467 e. The molecular formula is C23H36O2. The van der Waals surface area contributed by atoms with Gasteiger partial charge in [-0.1, -0.05) is 50.8 Å². The fraction of sp³-hybridized carbons (Fsp3) is 0.739. The van der Waals surface area contributed by atoms with E-state index in [2.05, 4.69) is 31.2 Å². The van der Waals surface area contributed by atoms with E-state index in [-0.39, 0.29) is 0 Å². The molecule has 0 heterocycles. The first-order chi connectivity index (χ1) is 12.3. The highest BCUT2D eigenvalue weighted by Crippen LogP contribution is 2.45. The van der Waals surface area contributed by atoms with E-state index in [9.17, 15) is 0 Å². The topological polar surface area (TPSA) is 18.5 Å². The van der Waals surface area contributed by atoms with Gasteiger partial charge >= 0.3 is 0 Å². The lowest BCUT2D eigenvalue weighted by Crippen LogP contribution is -2.25. The molecule has 0 aromatic heterocycles. The Balaban J connectivity index is 1.51. The van der Waals surface area contributed by atoms with Crippen LogP contribution in [-0.4, -0.2) is 13.9 Å². The minimum absolute atomic E-state index is 0.341. The molecule has 2 aliphatic rings. The standard InChI is InChI=1S/C23H36O2/c1-3-6-18-9-11-19(12-10-18)20-13-15-21(16-14-20)22-7-4-5-8-23(22)25-17-24-2/h4-5,7-8,18-21H,3,6,9-17H2,1-2H3. The number of hydrogen-bond acceptors (Lipinski definition) is 2. The molecule has 0 bridgehead atoms. The summed E-state index contributed by atoms with van der Waals surface area (Å²) >= 11 is 0. The summed E-state index contributed by atoms with van der Waals surface area (Å²) in [7, 11) is 1.68. The smallest absolute Gasteiger partial charge is 0.188 e. The third-order valence-electron chi connectivity index (χ3n) is 6.72. The first-order valence-electron chi connectivity index (χ1n) is 10.5. The molecule has 2 heteroatoms. The van der Waals surface area contributed by atoms with Gasteiger partial charge in [0.05, 0.1) is 0 Å². The van der Waals surface area contributed by atoms with Crippen molar-refractivity contribution < 1.29 is 9.47 Å². The fourth-order valence-electron chi connectivity index (χ4n) is 5.33. The molecule has 2 fully saturated rings. The molecule has 2 nitrogen and oxygen atoms in total. The summed E-state index contributed by atoms with van der Waals surface area (Å²) in [6, 6.07) is 8.56. The van der Waals surface area contributed by atoms with Crippen molar-refractivity contribution in [3.63, 3.8) is 0 Å². The van der Waals surface area contributed by atoms with Crippen LogP contribution in [-0.2, 0) is 4.74 Å². The van der Waals surface area contributed by atoms with Gasteiger partial charge in [0.1, 0.15) is 5.75 Å². The van der Waals surface area contributed by atoms with Gasteiger partial charge in [0, 0.05) is 7.11 Å². The molecule has 0 spiro atoms. The zero-order valence-electron chi connectivity index (χ0n) is 16.2. The Bertz CT molecular complexity index is 497. The van der Waals surface area contributed by atoms with E-state index in [1.54, 1.807) is 7.11 Å². The maximum atomic E-state index is 5.80. The third-order valence-corrected chi connectivity index (χ3v) is 6.72. The van der Waals surface area contributed by atoms with Crippen molar-refractivity contribution in [3.05, 3.63) is 29.8 Å². The Morgan fingerprint density at radius 2 is 1.52 bits per heavy atom. The zero-order valence-corrected chi connectivity index (χ0v) is 16.2. The fourth-order valence-corrected chi connectivity index (χ4v) is 5.33. The summed E-state index contributed by atoms with van der Waals surface area (Å²) < 4.78 is 10.9. The molecule has 2 aliphatic carbocycles. The van der Waals surface area contributed by atoms with E-state index in [0.29, 0.717) is 12.7 Å². The Labute approximate surface area is 154 Å². The highest BCUT2D eigenvalue weighted by atomic mass is 16.7. The second-order valence-corrected chi connectivity index (χ2v) is 8.27. The van der Waals surface area contributed by atoms with Crippen molar-refractivity contribution in [1.29, 1.82) is 0 Å². The van der Waals surface area contributed by atoms with Crippen molar-refractivity contribution in [2.75, 3.05) is 13.9 Å². The van der Waals surface area contributed by atoms with Crippen molar-refractivity contribution in [3.8, 4) is 5.75 Å². The van der Waals surface area contributed by atoms with Gasteiger partial charge in [-0.25, -0.2) is 0 Å². The molecule has 1 aromatic carbocycles. The number of benzene rings is 1. The highest BCUT2D eigenvalue weighted by Gasteiger charge is 2.31. The van der Waals surface area contributed by atoms with Crippen molar-refractivity contribution >= 4 is 0 Å². The van der Waals surface area contributed by atoms with Crippen LogP contribution >= 0.6 is 0 Å². The van der Waals surface area contributed by atoms with Crippen molar-refractivity contribution in [1.82, 2.24) is 0 Å². The van der Waals surface area contributed by atoms with Gasteiger partial charge < -0.3 is 9.47 Å². The van der Waals surface area contributed by atoms with Crippen LogP contribution in [0.1, 0.15) is 82.6 Å². The van der Waals surface area contributed by atoms with Crippen molar-refractivity contribution in [2.45, 2.75) is 77.0 Å². The average molecular weight is 345 g/mol. The second-order valence-electron chi connectivity index (χ2n) is 8.27. The van der Waals surface area contributed by atoms with Crippen LogP contribution in [0, 0.1) is 17.8 Å². The van der Waals surface area contributed by atoms with Gasteiger partial charge in [0.25, 0.3) is 0 Å². The number of para-hydroxylation sites is 1. The number of rotatable bonds is 7.